The van der Waals surface area contributed by atoms with Crippen LogP contribution in [-0.4, -0.2) is 34.6 Å². The van der Waals surface area contributed by atoms with Crippen molar-refractivity contribution in [3.8, 4) is 17.1 Å². The molecule has 1 aromatic carbocycles. The molecule has 0 saturated carbocycles. The summed E-state index contributed by atoms with van der Waals surface area (Å²) in [5.41, 5.74) is 2.32. The van der Waals surface area contributed by atoms with E-state index in [1.807, 2.05) is 20.8 Å². The molecule has 0 radical (unpaired) electrons. The molecule has 0 aliphatic heterocycles. The minimum absolute atomic E-state index is 0.484. The predicted octanol–water partition coefficient (Wildman–Crippen LogP) is 4.98. The lowest BCUT2D eigenvalue weighted by atomic mass is 9.96. The average Bonchev–Trinajstić information content (AvgIpc) is 3.23. The van der Waals surface area contributed by atoms with Crippen LogP contribution in [0.25, 0.3) is 17.1 Å². The van der Waals surface area contributed by atoms with E-state index >= 15 is 0 Å². The third-order valence-corrected chi connectivity index (χ3v) is 5.79. The van der Waals surface area contributed by atoms with Gasteiger partial charge in [-0.15, -0.1) is 0 Å². The predicted molar refractivity (Wildman–Crippen MR) is 126 cm³/mol. The van der Waals surface area contributed by atoms with Crippen LogP contribution < -0.4 is 5.32 Å². The first kappa shape index (κ1) is 24.4. The van der Waals surface area contributed by atoms with Crippen LogP contribution in [0, 0.1) is 20.8 Å². The molecule has 0 amide bonds. The van der Waals surface area contributed by atoms with Gasteiger partial charge in [-0.25, -0.2) is 14.6 Å². The van der Waals surface area contributed by atoms with Gasteiger partial charge in [-0.3, -0.25) is 4.68 Å². The molecule has 8 nitrogen and oxygen atoms in total. The summed E-state index contributed by atoms with van der Waals surface area (Å²) >= 11 is 0. The minimum atomic E-state index is -4.39. The fourth-order valence-corrected chi connectivity index (χ4v) is 4.30. The Bertz CT molecular complexity index is 1380. The zero-order valence-corrected chi connectivity index (χ0v) is 20.2. The Morgan fingerprint density at radius 2 is 1.63 bits per heavy atom. The third kappa shape index (κ3) is 4.63. The first-order chi connectivity index (χ1) is 16.3. The summed E-state index contributed by atoms with van der Waals surface area (Å²) in [6, 6.07) is 6.63. The molecule has 2 N–H and O–H groups in total. The number of alkyl halides is 3. The van der Waals surface area contributed by atoms with E-state index in [-0.39, 0.29) is 0 Å². The average molecular weight is 486 g/mol. The van der Waals surface area contributed by atoms with Crippen molar-refractivity contribution in [3.63, 3.8) is 0 Å². The number of aromatic nitrogens is 6. The van der Waals surface area contributed by atoms with E-state index in [0.29, 0.717) is 34.4 Å². The maximum absolute atomic E-state index is 12.9. The molecule has 0 spiro atoms. The number of hydrogen-bond donors (Lipinski definition) is 2. The molecule has 0 bridgehead atoms. The lowest BCUT2D eigenvalue weighted by molar-refractivity contribution is -0.137. The number of hydrogen-bond acceptors (Lipinski definition) is 6. The van der Waals surface area contributed by atoms with Crippen molar-refractivity contribution in [3.05, 3.63) is 64.7 Å². The number of anilines is 2. The summed E-state index contributed by atoms with van der Waals surface area (Å²) in [6.45, 7) is 8.95. The second-order valence-corrected chi connectivity index (χ2v) is 8.92. The van der Waals surface area contributed by atoms with Crippen molar-refractivity contribution >= 4 is 11.6 Å². The Balaban J connectivity index is 1.66. The second-order valence-electron chi connectivity index (χ2n) is 8.92. The zero-order chi connectivity index (χ0) is 25.7. The van der Waals surface area contributed by atoms with Crippen molar-refractivity contribution in [1.29, 1.82) is 0 Å². The van der Waals surface area contributed by atoms with Gasteiger partial charge in [0.15, 0.2) is 5.82 Å². The lowest BCUT2D eigenvalue weighted by Gasteiger charge is -2.18. The van der Waals surface area contributed by atoms with Crippen molar-refractivity contribution in [2.24, 2.45) is 7.05 Å². The van der Waals surface area contributed by atoms with Crippen molar-refractivity contribution < 1.29 is 18.3 Å². The molecule has 35 heavy (non-hydrogen) atoms. The van der Waals surface area contributed by atoms with Crippen LogP contribution in [0.4, 0.5) is 24.8 Å². The number of halogens is 3. The molecular weight excluding hydrogens is 459 g/mol. The lowest BCUT2D eigenvalue weighted by Crippen LogP contribution is -2.18. The normalized spacial score (nSPS) is 12.3. The fourth-order valence-electron chi connectivity index (χ4n) is 4.30. The molecule has 184 valence electrons. The molecule has 4 aromatic rings. The summed E-state index contributed by atoms with van der Waals surface area (Å²) in [4.78, 5) is 8.62. The van der Waals surface area contributed by atoms with E-state index in [1.165, 1.54) is 18.5 Å². The van der Waals surface area contributed by atoms with Crippen molar-refractivity contribution in [2.75, 3.05) is 5.32 Å². The van der Waals surface area contributed by atoms with E-state index in [4.69, 9.17) is 0 Å². The van der Waals surface area contributed by atoms with Gasteiger partial charge < -0.3 is 10.4 Å². The monoisotopic (exact) mass is 485 g/mol. The maximum Gasteiger partial charge on any atom is 0.416 e. The van der Waals surface area contributed by atoms with Crippen LogP contribution in [0.1, 0.15) is 41.9 Å². The zero-order valence-electron chi connectivity index (χ0n) is 20.2. The van der Waals surface area contributed by atoms with Gasteiger partial charge in [-0.1, -0.05) is 12.1 Å². The molecule has 0 unspecified atom stereocenters. The van der Waals surface area contributed by atoms with Gasteiger partial charge in [0.1, 0.15) is 18.0 Å². The smallest absolute Gasteiger partial charge is 0.386 e. The molecule has 3 aromatic heterocycles. The number of aliphatic hydroxyl groups is 1. The Morgan fingerprint density at radius 3 is 2.20 bits per heavy atom. The van der Waals surface area contributed by atoms with Gasteiger partial charge in [0.05, 0.1) is 22.6 Å². The minimum Gasteiger partial charge on any atom is -0.386 e. The number of benzene rings is 1. The van der Waals surface area contributed by atoms with E-state index in [1.54, 1.807) is 36.3 Å². The summed E-state index contributed by atoms with van der Waals surface area (Å²) in [5.74, 6) is 1.63. The number of aryl methyl sites for hydroxylation is 2. The number of rotatable bonds is 5. The van der Waals surface area contributed by atoms with E-state index in [0.717, 1.165) is 29.0 Å². The fraction of sp³-hybridized carbons (Fsp3) is 0.333. The summed E-state index contributed by atoms with van der Waals surface area (Å²) < 4.78 is 42.0. The standard InChI is InChI=1S/C24H26F3N7O/c1-13-21(16-7-9-17(10-8-16)24(25,26)27)32-33(6)22(13)30-18-11-19(29-12-28-18)34-15(3)20(14(2)31-34)23(4,5)35/h7-12,35H,1-6H3,(H,28,29,30). The number of nitrogens with zero attached hydrogens (tertiary/aromatic N) is 6. The quantitative estimate of drug-likeness (QED) is 0.414. The summed E-state index contributed by atoms with van der Waals surface area (Å²) in [5, 5.41) is 22.8. The van der Waals surface area contributed by atoms with Gasteiger partial charge in [0.2, 0.25) is 0 Å². The Hall–Kier alpha value is -3.73. The molecular formula is C24H26F3N7O. The van der Waals surface area contributed by atoms with Gasteiger partial charge in [-0.2, -0.15) is 23.4 Å². The van der Waals surface area contributed by atoms with Gasteiger partial charge >= 0.3 is 6.18 Å². The third-order valence-electron chi connectivity index (χ3n) is 5.79. The van der Waals surface area contributed by atoms with Crippen LogP contribution in [0.15, 0.2) is 36.7 Å². The van der Waals surface area contributed by atoms with Crippen molar-refractivity contribution in [1.82, 2.24) is 29.5 Å². The van der Waals surface area contributed by atoms with Crippen LogP contribution in [0.3, 0.4) is 0 Å². The Morgan fingerprint density at radius 1 is 0.971 bits per heavy atom. The SMILES string of the molecule is Cc1nn(-c2cc(Nc3c(C)c(-c4ccc(C(F)(F)F)cc4)nn3C)ncn2)c(C)c1C(C)(C)O. The molecule has 4 rings (SSSR count). The highest BCUT2D eigenvalue weighted by molar-refractivity contribution is 5.71. The molecule has 0 aliphatic rings. The van der Waals surface area contributed by atoms with Crippen LogP contribution in [0.5, 0.6) is 0 Å². The first-order valence-corrected chi connectivity index (χ1v) is 10.9. The largest absolute Gasteiger partial charge is 0.416 e. The summed E-state index contributed by atoms with van der Waals surface area (Å²) in [7, 11) is 1.74. The van der Waals surface area contributed by atoms with E-state index in [2.05, 4.69) is 25.5 Å². The van der Waals surface area contributed by atoms with Crippen LogP contribution in [-0.2, 0) is 18.8 Å². The summed E-state index contributed by atoms with van der Waals surface area (Å²) in [6.07, 6.45) is -2.99. The molecule has 11 heteroatoms. The second kappa shape index (κ2) is 8.49. The van der Waals surface area contributed by atoms with Gasteiger partial charge in [-0.05, 0) is 46.8 Å². The Kier molecular flexibility index (Phi) is 5.92. The Labute approximate surface area is 200 Å². The molecule has 0 saturated heterocycles. The molecule has 0 atom stereocenters. The van der Waals surface area contributed by atoms with Gasteiger partial charge in [0.25, 0.3) is 0 Å². The highest BCUT2D eigenvalue weighted by atomic mass is 19.4. The maximum atomic E-state index is 12.9. The highest BCUT2D eigenvalue weighted by Crippen LogP contribution is 2.34. The van der Waals surface area contributed by atoms with Crippen LogP contribution >= 0.6 is 0 Å². The van der Waals surface area contributed by atoms with E-state index < -0.39 is 17.3 Å². The molecule has 0 aliphatic carbocycles. The van der Waals surface area contributed by atoms with Gasteiger partial charge in [0, 0.05) is 35.5 Å². The first-order valence-electron chi connectivity index (χ1n) is 10.9. The topological polar surface area (TPSA) is 93.7 Å². The van der Waals surface area contributed by atoms with Crippen molar-refractivity contribution in [2.45, 2.75) is 46.4 Å². The highest BCUT2D eigenvalue weighted by Gasteiger charge is 2.30. The van der Waals surface area contributed by atoms with Crippen LogP contribution in [0.2, 0.25) is 0 Å². The molecule has 3 heterocycles. The number of nitrogens with one attached hydrogen (secondary N) is 1. The molecule has 0 fully saturated rings. The van der Waals surface area contributed by atoms with E-state index in [9.17, 15) is 18.3 Å².